The summed E-state index contributed by atoms with van der Waals surface area (Å²) in [6, 6.07) is 0. The van der Waals surface area contributed by atoms with Gasteiger partial charge >= 0.3 is 0 Å². The van der Waals surface area contributed by atoms with E-state index in [-0.39, 0.29) is 0 Å². The van der Waals surface area contributed by atoms with Gasteiger partial charge in [0.15, 0.2) is 0 Å². The van der Waals surface area contributed by atoms with Crippen molar-refractivity contribution in [3.63, 3.8) is 0 Å². The minimum absolute atomic E-state index is 0.614. The molecule has 1 aromatic heterocycles. The Morgan fingerprint density at radius 2 is 2.07 bits per heavy atom. The fourth-order valence-corrected chi connectivity index (χ4v) is 2.02. The summed E-state index contributed by atoms with van der Waals surface area (Å²) in [5, 5.41) is 3.16. The molecule has 1 aliphatic carbocycles. The van der Waals surface area contributed by atoms with Crippen LogP contribution in [0.3, 0.4) is 0 Å². The first-order valence-corrected chi connectivity index (χ1v) is 5.81. The van der Waals surface area contributed by atoms with Gasteiger partial charge in [-0.25, -0.2) is 9.97 Å². The van der Waals surface area contributed by atoms with E-state index in [1.165, 1.54) is 30.5 Å². The zero-order chi connectivity index (χ0) is 10.8. The molecule has 1 N–H and O–H groups in total. The van der Waals surface area contributed by atoms with E-state index < -0.39 is 0 Å². The fraction of sp³-hybridized carbons (Fsp3) is 0.667. The number of hydrogen-bond donors (Lipinski definition) is 1. The summed E-state index contributed by atoms with van der Waals surface area (Å²) in [6.07, 6.45) is 4.84. The monoisotopic (exact) mass is 205 g/mol. The Morgan fingerprint density at radius 1 is 1.33 bits per heavy atom. The highest BCUT2D eigenvalue weighted by atomic mass is 15.0. The molecule has 0 radical (unpaired) electrons. The van der Waals surface area contributed by atoms with E-state index in [4.69, 9.17) is 0 Å². The van der Waals surface area contributed by atoms with Crippen molar-refractivity contribution >= 4 is 5.82 Å². The van der Waals surface area contributed by atoms with Crippen LogP contribution in [0, 0.1) is 6.92 Å². The van der Waals surface area contributed by atoms with Gasteiger partial charge in [-0.2, -0.15) is 0 Å². The van der Waals surface area contributed by atoms with E-state index in [0.717, 1.165) is 18.1 Å². The number of aryl methyl sites for hydroxylation is 1. The van der Waals surface area contributed by atoms with Gasteiger partial charge in [0, 0.05) is 24.2 Å². The summed E-state index contributed by atoms with van der Waals surface area (Å²) in [6.45, 7) is 4.24. The van der Waals surface area contributed by atoms with Crippen LogP contribution in [0.15, 0.2) is 0 Å². The van der Waals surface area contributed by atoms with Crippen LogP contribution in [0.4, 0.5) is 5.82 Å². The number of hydrogen-bond acceptors (Lipinski definition) is 3. The molecule has 82 valence electrons. The predicted octanol–water partition coefficient (Wildman–Crippen LogP) is 2.66. The molecule has 2 rings (SSSR count). The molecule has 1 fully saturated rings. The van der Waals surface area contributed by atoms with Crippen molar-refractivity contribution in [1.82, 2.24) is 9.97 Å². The van der Waals surface area contributed by atoms with E-state index in [1.807, 2.05) is 7.05 Å². The summed E-state index contributed by atoms with van der Waals surface area (Å²) in [5.41, 5.74) is 2.39. The molecular weight excluding hydrogens is 186 g/mol. The van der Waals surface area contributed by atoms with Crippen molar-refractivity contribution in [2.75, 3.05) is 12.4 Å². The second-order valence-electron chi connectivity index (χ2n) is 4.23. The lowest BCUT2D eigenvalue weighted by atomic mass is 9.84. The van der Waals surface area contributed by atoms with Crippen LogP contribution in [0.2, 0.25) is 0 Å². The highest BCUT2D eigenvalue weighted by molar-refractivity contribution is 5.45. The lowest BCUT2D eigenvalue weighted by molar-refractivity contribution is 0.400. The van der Waals surface area contributed by atoms with Gasteiger partial charge < -0.3 is 5.32 Å². The lowest BCUT2D eigenvalue weighted by Gasteiger charge is -2.25. The van der Waals surface area contributed by atoms with E-state index in [2.05, 4.69) is 29.1 Å². The summed E-state index contributed by atoms with van der Waals surface area (Å²) < 4.78 is 0. The van der Waals surface area contributed by atoms with Crippen LogP contribution in [0.1, 0.15) is 49.2 Å². The zero-order valence-electron chi connectivity index (χ0n) is 9.80. The Kier molecular flexibility index (Phi) is 2.89. The summed E-state index contributed by atoms with van der Waals surface area (Å²) in [5.74, 6) is 2.67. The van der Waals surface area contributed by atoms with E-state index >= 15 is 0 Å². The molecule has 0 saturated heterocycles. The number of anilines is 1. The Bertz CT molecular complexity index is 331. The highest BCUT2D eigenvalue weighted by Crippen LogP contribution is 2.35. The topological polar surface area (TPSA) is 37.8 Å². The van der Waals surface area contributed by atoms with Crippen molar-refractivity contribution in [3.05, 3.63) is 17.1 Å². The van der Waals surface area contributed by atoms with Crippen molar-refractivity contribution in [3.8, 4) is 0 Å². The first-order valence-electron chi connectivity index (χ1n) is 5.81. The quantitative estimate of drug-likeness (QED) is 0.824. The zero-order valence-corrected chi connectivity index (χ0v) is 9.80. The predicted molar refractivity (Wildman–Crippen MR) is 62.3 cm³/mol. The van der Waals surface area contributed by atoms with Gasteiger partial charge in [-0.1, -0.05) is 13.3 Å². The summed E-state index contributed by atoms with van der Waals surface area (Å²) >= 11 is 0. The van der Waals surface area contributed by atoms with Crippen molar-refractivity contribution in [1.29, 1.82) is 0 Å². The molecule has 0 amide bonds. The van der Waals surface area contributed by atoms with Crippen LogP contribution in [0.25, 0.3) is 0 Å². The molecule has 0 atom stereocenters. The van der Waals surface area contributed by atoms with Gasteiger partial charge in [-0.05, 0) is 26.2 Å². The van der Waals surface area contributed by atoms with Crippen molar-refractivity contribution in [2.24, 2.45) is 0 Å². The molecule has 0 aromatic carbocycles. The number of nitrogens with one attached hydrogen (secondary N) is 1. The van der Waals surface area contributed by atoms with Gasteiger partial charge in [-0.15, -0.1) is 0 Å². The SMILES string of the molecule is CCc1nc(C2CCC2)nc(NC)c1C. The van der Waals surface area contributed by atoms with Gasteiger partial charge in [0.25, 0.3) is 0 Å². The van der Waals surface area contributed by atoms with E-state index in [9.17, 15) is 0 Å². The molecule has 1 heterocycles. The van der Waals surface area contributed by atoms with Gasteiger partial charge in [0.05, 0.1) is 0 Å². The standard InChI is InChI=1S/C12H19N3/c1-4-10-8(2)11(13-3)15-12(14-10)9-6-5-7-9/h9H,4-7H2,1-3H3,(H,13,14,15). The fourth-order valence-electron chi connectivity index (χ4n) is 2.02. The van der Waals surface area contributed by atoms with E-state index in [0.29, 0.717) is 5.92 Å². The van der Waals surface area contributed by atoms with Crippen LogP contribution in [0.5, 0.6) is 0 Å². The average molecular weight is 205 g/mol. The van der Waals surface area contributed by atoms with Gasteiger partial charge in [0.1, 0.15) is 11.6 Å². The lowest BCUT2D eigenvalue weighted by Crippen LogP contribution is -2.15. The molecule has 1 aromatic rings. The highest BCUT2D eigenvalue weighted by Gasteiger charge is 2.23. The Hall–Kier alpha value is -1.12. The molecule has 0 spiro atoms. The molecule has 3 nitrogen and oxygen atoms in total. The second kappa shape index (κ2) is 4.17. The maximum absolute atomic E-state index is 4.67. The van der Waals surface area contributed by atoms with Crippen LogP contribution in [-0.2, 0) is 6.42 Å². The van der Waals surface area contributed by atoms with E-state index in [1.54, 1.807) is 0 Å². The largest absolute Gasteiger partial charge is 0.373 e. The van der Waals surface area contributed by atoms with Gasteiger partial charge in [0.2, 0.25) is 0 Å². The minimum Gasteiger partial charge on any atom is -0.373 e. The summed E-state index contributed by atoms with van der Waals surface area (Å²) in [4.78, 5) is 9.27. The Labute approximate surface area is 91.3 Å². The molecule has 3 heteroatoms. The maximum atomic E-state index is 4.67. The molecule has 0 aliphatic heterocycles. The molecular formula is C12H19N3. The minimum atomic E-state index is 0.614. The first kappa shape index (κ1) is 10.4. The normalized spacial score (nSPS) is 16.2. The first-order chi connectivity index (χ1) is 7.26. The molecule has 0 bridgehead atoms. The van der Waals surface area contributed by atoms with Crippen molar-refractivity contribution < 1.29 is 0 Å². The Balaban J connectivity index is 2.38. The van der Waals surface area contributed by atoms with Crippen LogP contribution < -0.4 is 5.32 Å². The third kappa shape index (κ3) is 1.83. The molecule has 1 aliphatic rings. The Morgan fingerprint density at radius 3 is 2.53 bits per heavy atom. The van der Waals surface area contributed by atoms with Crippen LogP contribution >= 0.6 is 0 Å². The smallest absolute Gasteiger partial charge is 0.134 e. The molecule has 15 heavy (non-hydrogen) atoms. The molecule has 1 saturated carbocycles. The number of aromatic nitrogens is 2. The van der Waals surface area contributed by atoms with Gasteiger partial charge in [-0.3, -0.25) is 0 Å². The number of rotatable bonds is 3. The van der Waals surface area contributed by atoms with Crippen LogP contribution in [-0.4, -0.2) is 17.0 Å². The summed E-state index contributed by atoms with van der Waals surface area (Å²) in [7, 11) is 1.93. The second-order valence-corrected chi connectivity index (χ2v) is 4.23. The average Bonchev–Trinajstić information content (AvgIpc) is 2.17. The third-order valence-electron chi connectivity index (χ3n) is 3.31. The van der Waals surface area contributed by atoms with Crippen molar-refractivity contribution in [2.45, 2.75) is 45.4 Å². The number of nitrogens with zero attached hydrogens (tertiary/aromatic N) is 2. The maximum Gasteiger partial charge on any atom is 0.134 e. The molecule has 0 unspecified atom stereocenters. The third-order valence-corrected chi connectivity index (χ3v) is 3.31.